The molecular formula is C15H19N3O4. The van der Waals surface area contributed by atoms with Gasteiger partial charge in [-0.3, -0.25) is 0 Å². The fourth-order valence-electron chi connectivity index (χ4n) is 2.68. The Morgan fingerprint density at radius 3 is 2.36 bits per heavy atom. The molecule has 118 valence electrons. The van der Waals surface area contributed by atoms with E-state index >= 15 is 0 Å². The number of fused-ring (bicyclic) bond motifs is 1. The lowest BCUT2D eigenvalue weighted by Gasteiger charge is -2.28. The summed E-state index contributed by atoms with van der Waals surface area (Å²) in [6, 6.07) is 1.89. The molecule has 0 atom stereocenters. The van der Waals surface area contributed by atoms with Crippen molar-refractivity contribution in [2.24, 2.45) is 0 Å². The van der Waals surface area contributed by atoms with Crippen LogP contribution in [0.5, 0.6) is 17.2 Å². The van der Waals surface area contributed by atoms with E-state index in [1.807, 2.05) is 6.07 Å². The molecular weight excluding hydrogens is 286 g/mol. The lowest BCUT2D eigenvalue weighted by Crippen LogP contribution is -2.36. The smallest absolute Gasteiger partial charge is 0.205 e. The molecule has 1 aromatic heterocycles. The predicted octanol–water partition coefficient (Wildman–Crippen LogP) is 1.49. The Hall–Kier alpha value is -2.28. The summed E-state index contributed by atoms with van der Waals surface area (Å²) in [6.07, 6.45) is 1.54. The van der Waals surface area contributed by atoms with E-state index in [2.05, 4.69) is 14.9 Å². The second-order valence-electron chi connectivity index (χ2n) is 4.84. The summed E-state index contributed by atoms with van der Waals surface area (Å²) in [5, 5.41) is 0.874. The maximum Gasteiger partial charge on any atom is 0.205 e. The summed E-state index contributed by atoms with van der Waals surface area (Å²) in [6.45, 7) is 2.97. The van der Waals surface area contributed by atoms with Crippen molar-refractivity contribution in [2.75, 3.05) is 52.5 Å². The van der Waals surface area contributed by atoms with E-state index in [-0.39, 0.29) is 0 Å². The molecule has 2 heterocycles. The summed E-state index contributed by atoms with van der Waals surface area (Å²) in [7, 11) is 4.77. The zero-order valence-electron chi connectivity index (χ0n) is 13.0. The third-order valence-corrected chi connectivity index (χ3v) is 3.72. The van der Waals surface area contributed by atoms with Crippen LogP contribution in [0.15, 0.2) is 12.4 Å². The molecule has 0 radical (unpaired) electrons. The van der Waals surface area contributed by atoms with Crippen LogP contribution < -0.4 is 19.1 Å². The highest BCUT2D eigenvalue weighted by Crippen LogP contribution is 2.44. The van der Waals surface area contributed by atoms with Crippen molar-refractivity contribution in [3.63, 3.8) is 0 Å². The van der Waals surface area contributed by atoms with Gasteiger partial charge in [-0.05, 0) is 6.07 Å². The number of hydrogen-bond donors (Lipinski definition) is 0. The molecule has 22 heavy (non-hydrogen) atoms. The fourth-order valence-corrected chi connectivity index (χ4v) is 2.68. The zero-order chi connectivity index (χ0) is 15.5. The first-order chi connectivity index (χ1) is 10.8. The minimum Gasteiger partial charge on any atom is -0.493 e. The summed E-state index contributed by atoms with van der Waals surface area (Å²) in [5.74, 6) is 2.53. The van der Waals surface area contributed by atoms with Crippen molar-refractivity contribution in [3.05, 3.63) is 12.4 Å². The largest absolute Gasteiger partial charge is 0.493 e. The van der Waals surface area contributed by atoms with Gasteiger partial charge in [-0.2, -0.15) is 0 Å². The molecule has 3 rings (SSSR count). The molecule has 1 aliphatic rings. The van der Waals surface area contributed by atoms with Crippen molar-refractivity contribution in [2.45, 2.75) is 0 Å². The second kappa shape index (κ2) is 6.23. The molecule has 1 aliphatic heterocycles. The number of nitrogens with zero attached hydrogens (tertiary/aromatic N) is 3. The van der Waals surface area contributed by atoms with Gasteiger partial charge in [0.05, 0.1) is 39.9 Å². The van der Waals surface area contributed by atoms with Gasteiger partial charge in [0.2, 0.25) is 5.75 Å². The average Bonchev–Trinajstić information content (AvgIpc) is 2.60. The van der Waals surface area contributed by atoms with E-state index < -0.39 is 0 Å². The second-order valence-corrected chi connectivity index (χ2v) is 4.84. The highest BCUT2D eigenvalue weighted by molar-refractivity contribution is 5.97. The van der Waals surface area contributed by atoms with Crippen LogP contribution in [0, 0.1) is 0 Å². The van der Waals surface area contributed by atoms with Gasteiger partial charge in [-0.1, -0.05) is 0 Å². The number of morpholine rings is 1. The number of benzene rings is 1. The molecule has 7 nitrogen and oxygen atoms in total. The molecule has 1 fully saturated rings. The first-order valence-electron chi connectivity index (χ1n) is 7.06. The molecule has 0 unspecified atom stereocenters. The van der Waals surface area contributed by atoms with Gasteiger partial charge in [0.1, 0.15) is 17.7 Å². The van der Waals surface area contributed by atoms with Gasteiger partial charge in [0, 0.05) is 13.1 Å². The average molecular weight is 305 g/mol. The quantitative estimate of drug-likeness (QED) is 0.848. The fraction of sp³-hybridized carbons (Fsp3) is 0.467. The third kappa shape index (κ3) is 2.37. The summed E-state index contributed by atoms with van der Waals surface area (Å²) in [5.41, 5.74) is 0.705. The normalized spacial score (nSPS) is 15.0. The summed E-state index contributed by atoms with van der Waals surface area (Å²) < 4.78 is 21.7. The van der Waals surface area contributed by atoms with Crippen LogP contribution in [0.3, 0.4) is 0 Å². The van der Waals surface area contributed by atoms with E-state index in [1.165, 1.54) is 0 Å². The molecule has 0 aliphatic carbocycles. The van der Waals surface area contributed by atoms with Crippen LogP contribution in [-0.4, -0.2) is 57.6 Å². The van der Waals surface area contributed by atoms with Gasteiger partial charge >= 0.3 is 0 Å². The monoisotopic (exact) mass is 305 g/mol. The van der Waals surface area contributed by atoms with Gasteiger partial charge in [-0.15, -0.1) is 0 Å². The van der Waals surface area contributed by atoms with E-state index in [1.54, 1.807) is 27.7 Å². The number of rotatable bonds is 4. The van der Waals surface area contributed by atoms with Crippen LogP contribution in [-0.2, 0) is 4.74 Å². The topological polar surface area (TPSA) is 65.9 Å². The van der Waals surface area contributed by atoms with Crippen molar-refractivity contribution in [1.82, 2.24) is 9.97 Å². The van der Waals surface area contributed by atoms with Crippen molar-refractivity contribution in [3.8, 4) is 17.2 Å². The van der Waals surface area contributed by atoms with Crippen LogP contribution in [0.4, 0.5) is 5.82 Å². The molecule has 0 amide bonds. The Balaban J connectivity index is 2.22. The van der Waals surface area contributed by atoms with Crippen molar-refractivity contribution in [1.29, 1.82) is 0 Å². The highest BCUT2D eigenvalue weighted by atomic mass is 16.5. The van der Waals surface area contributed by atoms with Crippen LogP contribution in [0.25, 0.3) is 10.9 Å². The van der Waals surface area contributed by atoms with Gasteiger partial charge < -0.3 is 23.8 Å². The van der Waals surface area contributed by atoms with Crippen LogP contribution in [0.1, 0.15) is 0 Å². The first-order valence-corrected chi connectivity index (χ1v) is 7.06. The standard InChI is InChI=1S/C15H19N3O4/c1-19-11-8-10-12(14(21-3)13(11)20-2)16-9-17-15(10)18-4-6-22-7-5-18/h8-9H,4-7H2,1-3H3. The molecule has 0 saturated carbocycles. The molecule has 0 bridgehead atoms. The van der Waals surface area contributed by atoms with E-state index in [0.29, 0.717) is 36.0 Å². The molecule has 0 N–H and O–H groups in total. The maximum atomic E-state index is 5.50. The van der Waals surface area contributed by atoms with E-state index in [4.69, 9.17) is 18.9 Å². The maximum absolute atomic E-state index is 5.50. The van der Waals surface area contributed by atoms with E-state index in [0.717, 1.165) is 24.3 Å². The Morgan fingerprint density at radius 2 is 1.73 bits per heavy atom. The SMILES string of the molecule is COc1cc2c(N3CCOCC3)ncnc2c(OC)c1OC. The lowest BCUT2D eigenvalue weighted by molar-refractivity contribution is 0.122. The van der Waals surface area contributed by atoms with Gasteiger partial charge in [0.15, 0.2) is 11.5 Å². The van der Waals surface area contributed by atoms with Crippen molar-refractivity contribution >= 4 is 16.7 Å². The molecule has 0 spiro atoms. The Labute approximate surface area is 128 Å². The summed E-state index contributed by atoms with van der Waals surface area (Å²) >= 11 is 0. The minimum absolute atomic E-state index is 0.532. The summed E-state index contributed by atoms with van der Waals surface area (Å²) in [4.78, 5) is 11.0. The Morgan fingerprint density at radius 1 is 1.00 bits per heavy atom. The van der Waals surface area contributed by atoms with Gasteiger partial charge in [0.25, 0.3) is 0 Å². The third-order valence-electron chi connectivity index (χ3n) is 3.72. The number of hydrogen-bond acceptors (Lipinski definition) is 7. The predicted molar refractivity (Wildman–Crippen MR) is 82.2 cm³/mol. The Kier molecular flexibility index (Phi) is 4.15. The van der Waals surface area contributed by atoms with Crippen molar-refractivity contribution < 1.29 is 18.9 Å². The number of methoxy groups -OCH3 is 3. The molecule has 1 saturated heterocycles. The van der Waals surface area contributed by atoms with Crippen LogP contribution in [0.2, 0.25) is 0 Å². The molecule has 2 aromatic rings. The minimum atomic E-state index is 0.532. The molecule has 1 aromatic carbocycles. The van der Waals surface area contributed by atoms with E-state index in [9.17, 15) is 0 Å². The number of anilines is 1. The zero-order valence-corrected chi connectivity index (χ0v) is 13.0. The first kappa shape index (κ1) is 14.6. The van der Waals surface area contributed by atoms with Crippen LogP contribution >= 0.6 is 0 Å². The van der Waals surface area contributed by atoms with Gasteiger partial charge in [-0.25, -0.2) is 9.97 Å². The highest BCUT2D eigenvalue weighted by Gasteiger charge is 2.22. The Bertz CT molecular complexity index is 671. The number of aromatic nitrogens is 2. The lowest BCUT2D eigenvalue weighted by atomic mass is 10.1. The number of ether oxygens (including phenoxy) is 4. The molecule has 7 heteroatoms.